The molecule has 0 saturated carbocycles. The van der Waals surface area contributed by atoms with Crippen molar-refractivity contribution in [3.63, 3.8) is 0 Å². The monoisotopic (exact) mass is 853 g/mol. The second-order valence-corrected chi connectivity index (χ2v) is 14.3. The number of aliphatic hydroxyl groups is 15. The quantitative estimate of drug-likeness (QED) is 0.0604. The van der Waals surface area contributed by atoms with Gasteiger partial charge in [0.15, 0.2) is 31.4 Å². The summed E-state index contributed by atoms with van der Waals surface area (Å²) in [4.78, 5) is 24.1. The number of aldehydes is 1. The minimum atomic E-state index is -2.25. The lowest BCUT2D eigenvalue weighted by molar-refractivity contribution is -0.376. The van der Waals surface area contributed by atoms with Crippen LogP contribution in [0.5, 0.6) is 0 Å². The van der Waals surface area contributed by atoms with Crippen LogP contribution in [0.2, 0.25) is 0 Å². The highest BCUT2D eigenvalue weighted by Gasteiger charge is 2.55. The number of aliphatic hydroxyl groups excluding tert-OH is 15. The first-order chi connectivity index (χ1) is 27.3. The number of amides is 1. The Morgan fingerprint density at radius 2 is 1.10 bits per heavy atom. The summed E-state index contributed by atoms with van der Waals surface area (Å²) in [6, 6.07) is -1.72. The summed E-state index contributed by atoms with van der Waals surface area (Å²) in [6.07, 6.45) is -43.5. The smallest absolute Gasteiger partial charge is 0.217 e. The number of carbonyl (C=O) groups is 2. The van der Waals surface area contributed by atoms with Crippen LogP contribution in [0.15, 0.2) is 0 Å². The number of rotatable bonds is 17. The first-order valence-electron chi connectivity index (χ1n) is 18.2. The van der Waals surface area contributed by atoms with Gasteiger partial charge < -0.3 is 125 Å². The van der Waals surface area contributed by atoms with Crippen LogP contribution in [0.25, 0.3) is 0 Å². The van der Waals surface area contributed by atoms with E-state index in [1.807, 2.05) is 0 Å². The number of carbonyl (C=O) groups excluding carboxylic acids is 2. The van der Waals surface area contributed by atoms with E-state index in [1.165, 1.54) is 6.92 Å². The Morgan fingerprint density at radius 1 is 0.603 bits per heavy atom. The molecule has 4 heterocycles. The Kier molecular flexibility index (Phi) is 18.0. The Labute approximate surface area is 329 Å². The summed E-state index contributed by atoms with van der Waals surface area (Å²) in [7, 11) is 0. The molecule has 58 heavy (non-hydrogen) atoms. The second-order valence-electron chi connectivity index (χ2n) is 14.3. The molecule has 0 bridgehead atoms. The van der Waals surface area contributed by atoms with Crippen molar-refractivity contribution in [2.24, 2.45) is 0 Å². The highest BCUT2D eigenvalue weighted by Crippen LogP contribution is 2.34. The van der Waals surface area contributed by atoms with Crippen molar-refractivity contribution in [1.29, 1.82) is 0 Å². The maximum absolute atomic E-state index is 12.3. The van der Waals surface area contributed by atoms with Gasteiger partial charge in [0.05, 0.1) is 32.5 Å². The minimum absolute atomic E-state index is 0.0978. The third kappa shape index (κ3) is 10.6. The van der Waals surface area contributed by atoms with Gasteiger partial charge in [-0.25, -0.2) is 0 Å². The summed E-state index contributed by atoms with van der Waals surface area (Å²) < 4.78 is 44.7. The van der Waals surface area contributed by atoms with Crippen LogP contribution in [0, 0.1) is 0 Å². The third-order valence-electron chi connectivity index (χ3n) is 10.2. The third-order valence-corrected chi connectivity index (χ3v) is 10.2. The van der Waals surface area contributed by atoms with Gasteiger partial charge in [-0.15, -0.1) is 0 Å². The number of hydrogen-bond donors (Lipinski definition) is 16. The van der Waals surface area contributed by atoms with Gasteiger partial charge in [-0.05, 0) is 6.92 Å². The van der Waals surface area contributed by atoms with Crippen LogP contribution in [0.3, 0.4) is 0 Å². The van der Waals surface area contributed by atoms with E-state index in [4.69, 9.17) is 37.9 Å². The summed E-state index contributed by atoms with van der Waals surface area (Å²) in [5.41, 5.74) is 0. The SMILES string of the molecule is CC(=O)N[C@H]1[C@H](O[C@H]2[C@@H](O)[C@@H](CO)O[C@@H](O[C@@H]([C@H](O[C@@H]3O[C@@H](C)[C@@H](O)[C@@H](O)[C@@H]3O)[C@@H](O)C=O)[C@H](O)CO)[C@@H]2O)O[C@H](CO)[C@@H](O[C@@H]2O[C@H](CO)[C@H](O)[C@H](O)[C@H]2O)[C@@H]1O. The molecule has 4 aliphatic rings. The molecule has 0 aromatic heterocycles. The van der Waals surface area contributed by atoms with Crippen molar-refractivity contribution < 1.29 is 124 Å². The van der Waals surface area contributed by atoms with E-state index in [0.717, 1.165) is 6.92 Å². The molecule has 0 unspecified atom stereocenters. The van der Waals surface area contributed by atoms with Gasteiger partial charge in [0.25, 0.3) is 0 Å². The molecule has 0 aliphatic carbocycles. The molecule has 4 saturated heterocycles. The predicted molar refractivity (Wildman–Crippen MR) is 178 cm³/mol. The van der Waals surface area contributed by atoms with Gasteiger partial charge in [0, 0.05) is 6.92 Å². The molecule has 338 valence electrons. The zero-order valence-corrected chi connectivity index (χ0v) is 31.1. The molecule has 24 atom stereocenters. The van der Waals surface area contributed by atoms with Gasteiger partial charge in [0.2, 0.25) is 5.91 Å². The predicted octanol–water partition coefficient (Wildman–Crippen LogP) is -10.9. The van der Waals surface area contributed by atoms with Crippen LogP contribution in [0.4, 0.5) is 0 Å². The van der Waals surface area contributed by atoms with Crippen molar-refractivity contribution >= 4 is 12.2 Å². The van der Waals surface area contributed by atoms with E-state index >= 15 is 0 Å². The van der Waals surface area contributed by atoms with Crippen molar-refractivity contribution in [3.05, 3.63) is 0 Å². The van der Waals surface area contributed by atoms with Crippen molar-refractivity contribution in [2.45, 2.75) is 161 Å². The van der Waals surface area contributed by atoms with E-state index in [-0.39, 0.29) is 6.29 Å². The van der Waals surface area contributed by atoms with Crippen molar-refractivity contribution in [3.8, 4) is 0 Å². The molecule has 4 aliphatic heterocycles. The van der Waals surface area contributed by atoms with Crippen LogP contribution in [-0.2, 0) is 47.5 Å². The lowest BCUT2D eigenvalue weighted by Crippen LogP contribution is -2.69. The maximum Gasteiger partial charge on any atom is 0.217 e. The Hall–Kier alpha value is -1.78. The highest BCUT2D eigenvalue weighted by molar-refractivity contribution is 5.73. The van der Waals surface area contributed by atoms with Crippen molar-refractivity contribution in [2.75, 3.05) is 26.4 Å². The standard InChI is InChI=1S/C32H55NO25/c1-8-16(42)20(46)22(48)30(51-8)55-25(10(40)3-34)26(11(41)4-35)56-32-24(50)28(18(44)13(6-37)53-32)58-29-15(33-9(2)39)19(45)27(14(7-38)54-29)57-31-23(49)21(47)17(43)12(5-36)52-31/h3,8,10-32,35-38,40-50H,4-7H2,1-2H3,(H,33,39)/t8-,10-,11+,12+,13+,14+,15+,16+,17-,18-,19+,20+,21-,22-,23+,24+,25+,26+,27+,28-,29-,30-,31-,32-/m0/s1. The molecule has 0 aromatic rings. The summed E-state index contributed by atoms with van der Waals surface area (Å²) >= 11 is 0. The molecule has 4 fully saturated rings. The van der Waals surface area contributed by atoms with E-state index in [2.05, 4.69) is 5.32 Å². The second kappa shape index (κ2) is 21.3. The minimum Gasteiger partial charge on any atom is -0.394 e. The Bertz CT molecular complexity index is 1290. The molecule has 0 spiro atoms. The molecule has 1 amide bonds. The maximum atomic E-state index is 12.3. The molecular formula is C32H55NO25. The number of hydrogen-bond acceptors (Lipinski definition) is 25. The van der Waals surface area contributed by atoms with E-state index < -0.39 is 180 Å². The van der Waals surface area contributed by atoms with Crippen LogP contribution in [0.1, 0.15) is 13.8 Å². The van der Waals surface area contributed by atoms with Crippen molar-refractivity contribution in [1.82, 2.24) is 5.32 Å². The lowest BCUT2D eigenvalue weighted by atomic mass is 9.94. The average Bonchev–Trinajstić information content (AvgIpc) is 3.20. The fourth-order valence-electron chi connectivity index (χ4n) is 6.91. The van der Waals surface area contributed by atoms with Crippen LogP contribution < -0.4 is 5.32 Å². The van der Waals surface area contributed by atoms with Crippen LogP contribution in [-0.4, -0.2) is 262 Å². The zero-order valence-electron chi connectivity index (χ0n) is 31.1. The average molecular weight is 854 g/mol. The number of nitrogens with one attached hydrogen (secondary N) is 1. The van der Waals surface area contributed by atoms with Gasteiger partial charge >= 0.3 is 0 Å². The largest absolute Gasteiger partial charge is 0.394 e. The van der Waals surface area contributed by atoms with E-state index in [9.17, 15) is 86.2 Å². The van der Waals surface area contributed by atoms with E-state index in [1.54, 1.807) is 0 Å². The molecule has 0 radical (unpaired) electrons. The van der Waals surface area contributed by atoms with Gasteiger partial charge in [-0.2, -0.15) is 0 Å². The van der Waals surface area contributed by atoms with Gasteiger partial charge in [0.1, 0.15) is 116 Å². The normalized spacial score (nSPS) is 45.8. The molecule has 4 rings (SSSR count). The molecule has 26 nitrogen and oxygen atoms in total. The summed E-state index contributed by atoms with van der Waals surface area (Å²) in [5.74, 6) is -0.818. The van der Waals surface area contributed by atoms with Crippen LogP contribution >= 0.6 is 0 Å². The first-order valence-corrected chi connectivity index (χ1v) is 18.2. The lowest BCUT2D eigenvalue weighted by Gasteiger charge is -2.49. The molecule has 16 N–H and O–H groups in total. The summed E-state index contributed by atoms with van der Waals surface area (Å²) in [5, 5.41) is 159. The first kappa shape index (κ1) is 48.9. The van der Waals surface area contributed by atoms with Gasteiger partial charge in [-0.3, -0.25) is 4.79 Å². The number of ether oxygens (including phenoxy) is 8. The molecule has 0 aromatic carbocycles. The Balaban J connectivity index is 1.61. The summed E-state index contributed by atoms with van der Waals surface area (Å²) in [6.45, 7) is -1.71. The highest BCUT2D eigenvalue weighted by atomic mass is 16.8. The van der Waals surface area contributed by atoms with E-state index in [0.29, 0.717) is 0 Å². The Morgan fingerprint density at radius 3 is 1.67 bits per heavy atom. The fourth-order valence-corrected chi connectivity index (χ4v) is 6.91. The molecular weight excluding hydrogens is 798 g/mol. The van der Waals surface area contributed by atoms with Gasteiger partial charge in [-0.1, -0.05) is 0 Å². The zero-order chi connectivity index (χ0) is 43.3. The molecule has 26 heteroatoms. The fraction of sp³-hybridized carbons (Fsp3) is 0.938. The topological polar surface area (TPSA) is 423 Å².